The van der Waals surface area contributed by atoms with E-state index in [4.69, 9.17) is 13.9 Å². The Bertz CT molecular complexity index is 778. The molecule has 0 saturated carbocycles. The summed E-state index contributed by atoms with van der Waals surface area (Å²) < 4.78 is 16.8. The molecule has 0 saturated heterocycles. The first-order chi connectivity index (χ1) is 13.4. The van der Waals surface area contributed by atoms with Crippen LogP contribution in [0, 0.1) is 0 Å². The van der Waals surface area contributed by atoms with E-state index in [0.29, 0.717) is 37.3 Å². The van der Waals surface area contributed by atoms with Crippen LogP contribution in [0.5, 0.6) is 11.5 Å². The fraction of sp³-hybridized carbons (Fsp3) is 0.524. The van der Waals surface area contributed by atoms with Crippen LogP contribution in [0.2, 0.25) is 0 Å². The molecule has 28 heavy (non-hydrogen) atoms. The average Bonchev–Trinajstić information content (AvgIpc) is 3.14. The number of benzene rings is 1. The molecule has 2 N–H and O–H groups in total. The molecule has 0 spiro atoms. The van der Waals surface area contributed by atoms with Gasteiger partial charge in [-0.15, -0.1) is 0 Å². The van der Waals surface area contributed by atoms with Crippen molar-refractivity contribution in [2.75, 3.05) is 20.3 Å². The van der Waals surface area contributed by atoms with E-state index in [1.54, 1.807) is 13.3 Å². The van der Waals surface area contributed by atoms with Crippen molar-refractivity contribution in [3.63, 3.8) is 0 Å². The van der Waals surface area contributed by atoms with Crippen LogP contribution in [-0.4, -0.2) is 31.2 Å². The lowest BCUT2D eigenvalue weighted by Crippen LogP contribution is -2.36. The van der Waals surface area contributed by atoms with Gasteiger partial charge in [0.1, 0.15) is 5.76 Å². The Hall–Kier alpha value is -2.70. The maximum atomic E-state index is 5.82. The summed E-state index contributed by atoms with van der Waals surface area (Å²) in [5.41, 5.74) is 0.972. The van der Waals surface area contributed by atoms with Crippen molar-refractivity contribution in [3.05, 3.63) is 41.6 Å². The Morgan fingerprint density at radius 3 is 2.57 bits per heavy atom. The molecule has 7 nitrogen and oxygen atoms in total. The predicted octanol–water partition coefficient (Wildman–Crippen LogP) is 3.63. The van der Waals surface area contributed by atoms with Crippen LogP contribution in [0.25, 0.3) is 0 Å². The van der Waals surface area contributed by atoms with Gasteiger partial charge in [0.15, 0.2) is 17.5 Å². The third-order valence-electron chi connectivity index (χ3n) is 3.99. The molecule has 0 fully saturated rings. The van der Waals surface area contributed by atoms with Crippen LogP contribution >= 0.6 is 0 Å². The number of aliphatic imine (C=N–C) groups is 1. The second kappa shape index (κ2) is 10.0. The van der Waals surface area contributed by atoms with E-state index < -0.39 is 0 Å². The summed E-state index contributed by atoms with van der Waals surface area (Å²) in [6.45, 7) is 12.6. The molecule has 0 radical (unpaired) electrons. The number of nitrogens with zero attached hydrogens (tertiary/aromatic N) is 2. The van der Waals surface area contributed by atoms with Crippen molar-refractivity contribution < 1.29 is 13.9 Å². The van der Waals surface area contributed by atoms with Crippen LogP contribution in [0.4, 0.5) is 0 Å². The molecule has 1 aromatic carbocycles. The van der Waals surface area contributed by atoms with E-state index in [2.05, 4.69) is 41.4 Å². The summed E-state index contributed by atoms with van der Waals surface area (Å²) in [4.78, 5) is 8.97. The highest BCUT2D eigenvalue weighted by Crippen LogP contribution is 2.28. The van der Waals surface area contributed by atoms with E-state index in [9.17, 15) is 0 Å². The molecule has 1 aromatic heterocycles. The fourth-order valence-electron chi connectivity index (χ4n) is 2.50. The number of ether oxygens (including phenoxy) is 2. The number of hydrogen-bond donors (Lipinski definition) is 2. The zero-order valence-electron chi connectivity index (χ0n) is 17.8. The third kappa shape index (κ3) is 6.18. The van der Waals surface area contributed by atoms with Crippen LogP contribution in [0.3, 0.4) is 0 Å². The molecule has 1 heterocycles. The van der Waals surface area contributed by atoms with Crippen molar-refractivity contribution >= 4 is 5.96 Å². The third-order valence-corrected chi connectivity index (χ3v) is 3.99. The topological polar surface area (TPSA) is 80.9 Å². The first-order valence-corrected chi connectivity index (χ1v) is 9.64. The lowest BCUT2D eigenvalue weighted by molar-refractivity contribution is 0.310. The molecule has 7 heteroatoms. The molecule has 154 valence electrons. The van der Waals surface area contributed by atoms with Gasteiger partial charge in [-0.3, -0.25) is 0 Å². The fourth-order valence-corrected chi connectivity index (χ4v) is 2.50. The normalized spacial score (nSPS) is 12.0. The zero-order chi connectivity index (χ0) is 20.6. The minimum Gasteiger partial charge on any atom is -0.493 e. The van der Waals surface area contributed by atoms with E-state index in [0.717, 1.165) is 23.6 Å². The largest absolute Gasteiger partial charge is 0.493 e. The van der Waals surface area contributed by atoms with Gasteiger partial charge in [0.25, 0.3) is 0 Å². The number of aromatic nitrogens is 1. The number of nitrogens with one attached hydrogen (secondary N) is 2. The minimum atomic E-state index is -0.0590. The van der Waals surface area contributed by atoms with E-state index >= 15 is 0 Å². The average molecular weight is 389 g/mol. The van der Waals surface area contributed by atoms with Gasteiger partial charge < -0.3 is 24.5 Å². The van der Waals surface area contributed by atoms with Crippen LogP contribution in [-0.2, 0) is 18.5 Å². The van der Waals surface area contributed by atoms with Gasteiger partial charge in [-0.1, -0.05) is 26.8 Å². The van der Waals surface area contributed by atoms with Gasteiger partial charge in [-0.25, -0.2) is 9.98 Å². The molecule has 0 unspecified atom stereocenters. The Balaban J connectivity index is 2.03. The smallest absolute Gasteiger partial charge is 0.213 e. The van der Waals surface area contributed by atoms with Gasteiger partial charge in [0, 0.05) is 12.0 Å². The second-order valence-corrected chi connectivity index (χ2v) is 7.34. The lowest BCUT2D eigenvalue weighted by atomic mass is 9.94. The quantitative estimate of drug-likeness (QED) is 0.531. The number of oxazole rings is 1. The molecule has 0 amide bonds. The molecule has 2 aromatic rings. The summed E-state index contributed by atoms with van der Waals surface area (Å²) in [6, 6.07) is 5.85. The molecular weight excluding hydrogens is 356 g/mol. The highest BCUT2D eigenvalue weighted by Gasteiger charge is 2.19. The highest BCUT2D eigenvalue weighted by molar-refractivity contribution is 5.79. The van der Waals surface area contributed by atoms with Gasteiger partial charge in [0.2, 0.25) is 5.89 Å². The molecular formula is C21H32N4O3. The van der Waals surface area contributed by atoms with Gasteiger partial charge >= 0.3 is 0 Å². The number of rotatable bonds is 8. The Labute approximate surface area is 167 Å². The molecule has 2 rings (SSSR count). The summed E-state index contributed by atoms with van der Waals surface area (Å²) in [5.74, 6) is 3.65. The van der Waals surface area contributed by atoms with Gasteiger partial charge in [-0.05, 0) is 31.5 Å². The van der Waals surface area contributed by atoms with Crippen LogP contribution < -0.4 is 20.1 Å². The molecule has 0 aliphatic carbocycles. The predicted molar refractivity (Wildman–Crippen MR) is 111 cm³/mol. The highest BCUT2D eigenvalue weighted by atomic mass is 16.5. The van der Waals surface area contributed by atoms with Crippen LogP contribution in [0.15, 0.2) is 33.8 Å². The molecule has 0 aliphatic rings. The summed E-state index contributed by atoms with van der Waals surface area (Å²) in [5, 5.41) is 6.49. The number of hydrogen-bond acceptors (Lipinski definition) is 5. The Kier molecular flexibility index (Phi) is 7.72. The monoisotopic (exact) mass is 388 g/mol. The van der Waals surface area contributed by atoms with Crippen molar-refractivity contribution in [1.82, 2.24) is 15.6 Å². The molecule has 0 aliphatic heterocycles. The zero-order valence-corrected chi connectivity index (χ0v) is 17.8. The van der Waals surface area contributed by atoms with Crippen molar-refractivity contribution in [1.29, 1.82) is 0 Å². The second-order valence-electron chi connectivity index (χ2n) is 7.34. The summed E-state index contributed by atoms with van der Waals surface area (Å²) >= 11 is 0. The summed E-state index contributed by atoms with van der Waals surface area (Å²) in [6.07, 6.45) is 1.79. The van der Waals surface area contributed by atoms with E-state index in [-0.39, 0.29) is 5.41 Å². The molecule has 0 atom stereocenters. The van der Waals surface area contributed by atoms with Gasteiger partial charge in [0.05, 0.1) is 33.0 Å². The SMILES string of the molecule is CCNC(=NCc1ccc(OCC)c(OC)c1)NCc1ncc(C(C)(C)C)o1. The van der Waals surface area contributed by atoms with Gasteiger partial charge in [-0.2, -0.15) is 0 Å². The minimum absolute atomic E-state index is 0.0590. The van der Waals surface area contributed by atoms with Crippen LogP contribution in [0.1, 0.15) is 51.8 Å². The maximum Gasteiger partial charge on any atom is 0.213 e. The summed E-state index contributed by atoms with van der Waals surface area (Å²) in [7, 11) is 1.64. The Morgan fingerprint density at radius 2 is 1.96 bits per heavy atom. The number of methoxy groups -OCH3 is 1. The first kappa shape index (κ1) is 21.6. The Morgan fingerprint density at radius 1 is 1.18 bits per heavy atom. The first-order valence-electron chi connectivity index (χ1n) is 9.64. The van der Waals surface area contributed by atoms with Crippen molar-refractivity contribution in [2.24, 2.45) is 4.99 Å². The maximum absolute atomic E-state index is 5.82. The standard InChI is InChI=1S/C21H32N4O3/c1-7-22-20(25-14-19-23-13-18(28-19)21(3,4)5)24-12-15-9-10-16(27-8-2)17(11-15)26-6/h9-11,13H,7-8,12,14H2,1-6H3,(H2,22,24,25). The van der Waals surface area contributed by atoms with Crippen molar-refractivity contribution in [3.8, 4) is 11.5 Å². The lowest BCUT2D eigenvalue weighted by Gasteiger charge is -2.13. The van der Waals surface area contributed by atoms with E-state index in [1.807, 2.05) is 32.0 Å². The molecule has 0 bridgehead atoms. The van der Waals surface area contributed by atoms with Crippen molar-refractivity contribution in [2.45, 2.75) is 53.1 Å². The number of guanidine groups is 1. The van der Waals surface area contributed by atoms with E-state index in [1.165, 1.54) is 0 Å².